The first kappa shape index (κ1) is 45.9. The van der Waals surface area contributed by atoms with Gasteiger partial charge in [0.25, 0.3) is 0 Å². The molecule has 3 N–H and O–H groups in total. The normalized spacial score (nSPS) is 22.8. The average Bonchev–Trinajstić information content (AvgIpc) is 3.85. The molecule has 15 heteroatoms. The molecule has 1 unspecified atom stereocenters. The maximum Gasteiger partial charge on any atom is 0.472 e. The zero-order chi connectivity index (χ0) is 41.6. The number of unbranched alkanes of at least 4 members (excludes halogenated alkanes) is 16. The van der Waals surface area contributed by atoms with Crippen LogP contribution in [0.1, 0.15) is 161 Å². The second-order valence-electron chi connectivity index (χ2n) is 16.5. The van der Waals surface area contributed by atoms with Gasteiger partial charge in [0.15, 0.2) is 11.6 Å². The second-order valence-corrected chi connectivity index (χ2v) is 18.0. The number of aromatic nitrogens is 3. The molecule has 58 heavy (non-hydrogen) atoms. The summed E-state index contributed by atoms with van der Waals surface area (Å²) in [5.41, 5.74) is 5.99. The average molecular weight is 830 g/mol. The molecule has 0 spiro atoms. The van der Waals surface area contributed by atoms with E-state index in [0.717, 1.165) is 31.7 Å². The second kappa shape index (κ2) is 21.9. The number of rotatable bonds is 27. The van der Waals surface area contributed by atoms with E-state index in [-0.39, 0.29) is 24.5 Å². The molecule has 0 saturated carbocycles. The van der Waals surface area contributed by atoms with Gasteiger partial charge in [-0.05, 0) is 57.9 Å². The predicted molar refractivity (Wildman–Crippen MR) is 219 cm³/mol. The third-order valence-corrected chi connectivity index (χ3v) is 12.1. The van der Waals surface area contributed by atoms with Crippen molar-refractivity contribution in [1.29, 1.82) is 5.26 Å². The number of hydrogen-bond acceptors (Lipinski definition) is 11. The Bertz CT molecular complexity index is 1820. The first-order valence-corrected chi connectivity index (χ1v) is 22.9. The minimum atomic E-state index is -4.66. The number of halogens is 1. The van der Waals surface area contributed by atoms with Crippen molar-refractivity contribution in [2.75, 3.05) is 18.9 Å². The van der Waals surface area contributed by atoms with Crippen LogP contribution in [0.3, 0.4) is 0 Å². The molecule has 6 atom stereocenters. The van der Waals surface area contributed by atoms with Gasteiger partial charge in [-0.15, -0.1) is 0 Å². The molecule has 2 fully saturated rings. The summed E-state index contributed by atoms with van der Waals surface area (Å²) >= 11 is 0. The van der Waals surface area contributed by atoms with Gasteiger partial charge in [0.2, 0.25) is 0 Å². The molecule has 4 heterocycles. The van der Waals surface area contributed by atoms with Crippen LogP contribution in [0.2, 0.25) is 0 Å². The van der Waals surface area contributed by atoms with E-state index in [9.17, 15) is 13.8 Å². The highest BCUT2D eigenvalue weighted by Gasteiger charge is 2.62. The Kier molecular flexibility index (Phi) is 17.4. The van der Waals surface area contributed by atoms with E-state index < -0.39 is 49.4 Å². The molecule has 0 radical (unpaired) electrons. The van der Waals surface area contributed by atoms with Gasteiger partial charge in [-0.25, -0.2) is 18.5 Å². The molecular formula is C43H65FN5O8P. The summed E-state index contributed by atoms with van der Waals surface area (Å²) in [5, 5.41) is 13.5. The van der Waals surface area contributed by atoms with Gasteiger partial charge in [0, 0.05) is 6.07 Å². The molecule has 0 amide bonds. The van der Waals surface area contributed by atoms with Gasteiger partial charge < -0.3 is 29.6 Å². The Morgan fingerprint density at radius 2 is 1.53 bits per heavy atom. The predicted octanol–water partition coefficient (Wildman–Crippen LogP) is 10.3. The number of benzene rings is 1. The number of nitriles is 1. The number of ether oxygens (including phenoxy) is 4. The van der Waals surface area contributed by atoms with Crippen LogP contribution in [-0.2, 0) is 27.8 Å². The molecule has 322 valence electrons. The van der Waals surface area contributed by atoms with E-state index in [0.29, 0.717) is 23.4 Å². The van der Waals surface area contributed by atoms with E-state index in [4.69, 9.17) is 39.0 Å². The first-order chi connectivity index (χ1) is 27.8. The Morgan fingerprint density at radius 3 is 2.14 bits per heavy atom. The number of phosphoric ester groups is 1. The number of phosphoric acid groups is 1. The summed E-state index contributed by atoms with van der Waals surface area (Å²) < 4.78 is 65.6. The molecule has 3 aromatic rings. The van der Waals surface area contributed by atoms with Gasteiger partial charge in [-0.1, -0.05) is 110 Å². The van der Waals surface area contributed by atoms with Crippen LogP contribution in [0.25, 0.3) is 5.52 Å². The van der Waals surface area contributed by atoms with E-state index >= 15 is 0 Å². The van der Waals surface area contributed by atoms with Crippen molar-refractivity contribution in [1.82, 2.24) is 14.6 Å². The summed E-state index contributed by atoms with van der Waals surface area (Å²) in [6, 6.07) is 9.40. The van der Waals surface area contributed by atoms with Crippen LogP contribution in [0.15, 0.2) is 36.7 Å². The maximum absolute atomic E-state index is 14.5. The molecule has 1 aromatic carbocycles. The van der Waals surface area contributed by atoms with Crippen molar-refractivity contribution in [3.05, 3.63) is 53.7 Å². The summed E-state index contributed by atoms with van der Waals surface area (Å²) in [7, 11) is -4.66. The van der Waals surface area contributed by atoms with Crippen molar-refractivity contribution in [3.63, 3.8) is 0 Å². The number of nitrogen functional groups attached to an aromatic ring is 1. The standard InChI is InChI=1S/C43H65FN5O8P/c1-5-6-7-8-9-10-11-12-13-14-15-16-17-18-19-20-21-22-34(54-33-24-23-32(28-45)35(44)27-33)29-52-58(50,51)53-30-43(4)40-39(55-42(2,3)57-40)38(56-43)36-25-26-37-41(46)47-31-48-49(36)37/h23-27,31,34,38-40H,5-22,29-30H2,1-4H3,(H,50,51)(H2,46,47,48)/t34-,38+,39+,40+,43-/m1/s1. The molecule has 2 aliphatic heterocycles. The molecule has 2 aliphatic rings. The zero-order valence-corrected chi connectivity index (χ0v) is 35.8. The topological polar surface area (TPSA) is 173 Å². The van der Waals surface area contributed by atoms with Gasteiger partial charge in [0.05, 0.1) is 24.5 Å². The first-order valence-electron chi connectivity index (χ1n) is 21.4. The fourth-order valence-corrected chi connectivity index (χ4v) is 8.84. The minimum Gasteiger partial charge on any atom is -0.488 e. The Morgan fingerprint density at radius 1 is 0.914 bits per heavy atom. The van der Waals surface area contributed by atoms with Crippen LogP contribution in [0.4, 0.5) is 10.2 Å². The third kappa shape index (κ3) is 13.2. The van der Waals surface area contributed by atoms with Crippen LogP contribution in [0, 0.1) is 17.1 Å². The molecule has 2 aromatic heterocycles. The lowest BCUT2D eigenvalue weighted by atomic mass is 9.97. The van der Waals surface area contributed by atoms with Gasteiger partial charge in [-0.2, -0.15) is 10.4 Å². The lowest BCUT2D eigenvalue weighted by Gasteiger charge is -2.31. The fourth-order valence-electron chi connectivity index (χ4n) is 7.99. The van der Waals surface area contributed by atoms with E-state index in [1.807, 2.05) is 6.07 Å². The Hall–Kier alpha value is -3.15. The molecule has 0 bridgehead atoms. The molecular weight excluding hydrogens is 764 g/mol. The van der Waals surface area contributed by atoms with Gasteiger partial charge >= 0.3 is 7.82 Å². The quantitative estimate of drug-likeness (QED) is 0.0551. The van der Waals surface area contributed by atoms with E-state index in [2.05, 4.69) is 17.0 Å². The summed E-state index contributed by atoms with van der Waals surface area (Å²) in [5.74, 6) is -1.16. The summed E-state index contributed by atoms with van der Waals surface area (Å²) in [6.45, 7) is 6.93. The number of anilines is 1. The van der Waals surface area contributed by atoms with E-state index in [1.165, 1.54) is 102 Å². The lowest BCUT2D eigenvalue weighted by molar-refractivity contribution is -0.212. The minimum absolute atomic E-state index is 0.101. The number of hydrogen-bond donors (Lipinski definition) is 2. The van der Waals surface area contributed by atoms with Crippen molar-refractivity contribution < 1.29 is 41.8 Å². The Balaban J connectivity index is 1.08. The molecule has 13 nitrogen and oxygen atoms in total. The van der Waals surface area contributed by atoms with Crippen LogP contribution in [0.5, 0.6) is 5.75 Å². The maximum atomic E-state index is 14.5. The summed E-state index contributed by atoms with van der Waals surface area (Å²) in [6.07, 6.45) is 20.5. The summed E-state index contributed by atoms with van der Waals surface area (Å²) in [4.78, 5) is 15.0. The van der Waals surface area contributed by atoms with Crippen LogP contribution < -0.4 is 10.5 Å². The number of fused-ring (bicyclic) bond motifs is 2. The monoisotopic (exact) mass is 829 g/mol. The highest BCUT2D eigenvalue weighted by atomic mass is 31.2. The van der Waals surface area contributed by atoms with Crippen molar-refractivity contribution in [2.45, 2.75) is 179 Å². The smallest absolute Gasteiger partial charge is 0.472 e. The van der Waals surface area contributed by atoms with Gasteiger partial charge in [-0.3, -0.25) is 9.05 Å². The number of nitrogens with zero attached hydrogens (tertiary/aromatic N) is 4. The van der Waals surface area contributed by atoms with Crippen LogP contribution >= 0.6 is 7.82 Å². The molecule has 0 aliphatic carbocycles. The van der Waals surface area contributed by atoms with Gasteiger partial charge in [0.1, 0.15) is 59.5 Å². The largest absolute Gasteiger partial charge is 0.488 e. The van der Waals surface area contributed by atoms with Crippen molar-refractivity contribution in [3.8, 4) is 11.8 Å². The highest BCUT2D eigenvalue weighted by molar-refractivity contribution is 7.47. The van der Waals surface area contributed by atoms with Crippen molar-refractivity contribution in [2.24, 2.45) is 0 Å². The third-order valence-electron chi connectivity index (χ3n) is 11.2. The SMILES string of the molecule is CCCCCCCCCCCCCCCCCCC[C@H](COP(=O)(O)OC[C@@]1(C)O[C@@H](c2ccc3c(N)ncnn23)[C@@H]2OC(C)(C)O[C@@H]21)Oc1ccc(C#N)c(F)c1. The van der Waals surface area contributed by atoms with Crippen molar-refractivity contribution >= 4 is 19.2 Å². The Labute approximate surface area is 343 Å². The number of nitrogens with two attached hydrogens (primary N) is 1. The zero-order valence-electron chi connectivity index (χ0n) is 34.9. The molecule has 2 saturated heterocycles. The highest BCUT2D eigenvalue weighted by Crippen LogP contribution is 2.52. The van der Waals surface area contributed by atoms with Crippen LogP contribution in [-0.4, -0.2) is 62.4 Å². The fraction of sp³-hybridized carbons (Fsp3) is 0.698. The molecule has 5 rings (SSSR count). The van der Waals surface area contributed by atoms with E-state index in [1.54, 1.807) is 37.4 Å². The lowest BCUT2D eigenvalue weighted by Crippen LogP contribution is -2.44.